The van der Waals surface area contributed by atoms with Crippen LogP contribution in [0.4, 0.5) is 5.95 Å². The zero-order chi connectivity index (χ0) is 22.9. The van der Waals surface area contributed by atoms with Crippen LogP contribution in [-0.4, -0.2) is 82.4 Å². The van der Waals surface area contributed by atoms with E-state index in [1.165, 1.54) is 31.4 Å². The number of hydrogen-bond acceptors (Lipinski definition) is 7. The Hall–Kier alpha value is -2.49. The van der Waals surface area contributed by atoms with E-state index in [1.54, 1.807) is 7.11 Å². The molecule has 5 rings (SSSR count). The fraction of sp³-hybridized carbons (Fsp3) is 0.625. The predicted octanol–water partition coefficient (Wildman–Crippen LogP) is 3.20. The van der Waals surface area contributed by atoms with Gasteiger partial charge in [-0.3, -0.25) is 4.68 Å². The fourth-order valence-electron chi connectivity index (χ4n) is 5.06. The van der Waals surface area contributed by atoms with Crippen molar-refractivity contribution in [3.63, 3.8) is 0 Å². The zero-order valence-electron chi connectivity index (χ0n) is 20.1. The van der Waals surface area contributed by atoms with E-state index in [4.69, 9.17) is 14.6 Å². The van der Waals surface area contributed by atoms with Gasteiger partial charge in [0.2, 0.25) is 5.95 Å². The molecule has 1 N–H and O–H groups in total. The summed E-state index contributed by atoms with van der Waals surface area (Å²) in [5.74, 6) is 1.11. The Balaban J connectivity index is 1.50. The molecule has 1 atom stereocenters. The summed E-state index contributed by atoms with van der Waals surface area (Å²) >= 11 is 0. The molecule has 3 aromatic heterocycles. The number of hydrogen-bond donors (Lipinski definition) is 1. The van der Waals surface area contributed by atoms with Crippen molar-refractivity contribution in [1.82, 2.24) is 29.3 Å². The van der Waals surface area contributed by atoms with Gasteiger partial charge in [-0.15, -0.1) is 5.10 Å². The SMILES string of the molecule is COC[C@H](C)Nc1ncc2c(-c3cnn(C4COC4)c3)cc([C@H]3CC[C@@H](N(C)C)CC3)n2n1. The molecule has 2 fully saturated rings. The molecule has 0 aromatic carbocycles. The van der Waals surface area contributed by atoms with Crippen molar-refractivity contribution >= 4 is 11.5 Å². The number of aromatic nitrogens is 5. The largest absolute Gasteiger partial charge is 0.383 e. The molecule has 0 unspecified atom stereocenters. The number of methoxy groups -OCH3 is 1. The molecule has 1 aliphatic carbocycles. The lowest BCUT2D eigenvalue weighted by Gasteiger charge is -2.32. The van der Waals surface area contributed by atoms with Crippen molar-refractivity contribution in [3.05, 3.63) is 30.4 Å². The molecule has 33 heavy (non-hydrogen) atoms. The summed E-state index contributed by atoms with van der Waals surface area (Å²) in [5, 5.41) is 12.9. The van der Waals surface area contributed by atoms with Gasteiger partial charge in [-0.25, -0.2) is 9.50 Å². The van der Waals surface area contributed by atoms with Crippen molar-refractivity contribution in [2.45, 2.75) is 56.7 Å². The molecule has 2 aliphatic rings. The fourth-order valence-corrected chi connectivity index (χ4v) is 5.06. The summed E-state index contributed by atoms with van der Waals surface area (Å²) in [6.07, 6.45) is 10.8. The van der Waals surface area contributed by atoms with Crippen molar-refractivity contribution < 1.29 is 9.47 Å². The van der Waals surface area contributed by atoms with E-state index in [0.29, 0.717) is 30.6 Å². The third-order valence-electron chi connectivity index (χ3n) is 7.09. The summed E-state index contributed by atoms with van der Waals surface area (Å²) in [7, 11) is 6.08. The number of ether oxygens (including phenoxy) is 2. The lowest BCUT2D eigenvalue weighted by atomic mass is 9.83. The minimum atomic E-state index is 0.129. The molecule has 0 radical (unpaired) electrons. The molecule has 0 amide bonds. The highest BCUT2D eigenvalue weighted by Crippen LogP contribution is 2.38. The minimum Gasteiger partial charge on any atom is -0.383 e. The van der Waals surface area contributed by atoms with Gasteiger partial charge in [0.05, 0.1) is 43.8 Å². The molecule has 1 aliphatic heterocycles. The molecule has 0 spiro atoms. The highest BCUT2D eigenvalue weighted by molar-refractivity contribution is 5.81. The standard InChI is InChI=1S/C24H35N7O2/c1-16(13-32-4)27-24-25-11-23-21(18-10-26-30(12-18)20-14-33-15-20)9-22(31(23)28-24)17-5-7-19(8-6-17)29(2)3/h9-12,16-17,19-20H,5-8,13-15H2,1-4H3,(H,27,28)/t16-,17-,19+/m0/s1. The molecule has 3 aromatic rings. The lowest BCUT2D eigenvalue weighted by Crippen LogP contribution is -2.31. The minimum absolute atomic E-state index is 0.129. The predicted molar refractivity (Wildman–Crippen MR) is 128 cm³/mol. The topological polar surface area (TPSA) is 81.7 Å². The number of rotatable bonds is 8. The van der Waals surface area contributed by atoms with Crippen LogP contribution in [0.15, 0.2) is 24.7 Å². The van der Waals surface area contributed by atoms with Crippen LogP contribution in [0.5, 0.6) is 0 Å². The van der Waals surface area contributed by atoms with Crippen LogP contribution in [0.2, 0.25) is 0 Å². The van der Waals surface area contributed by atoms with Gasteiger partial charge in [0.25, 0.3) is 0 Å². The molecule has 9 heteroatoms. The second kappa shape index (κ2) is 9.40. The zero-order valence-corrected chi connectivity index (χ0v) is 20.1. The van der Waals surface area contributed by atoms with Crippen LogP contribution >= 0.6 is 0 Å². The Kier molecular flexibility index (Phi) is 6.36. The van der Waals surface area contributed by atoms with Crippen LogP contribution in [0.1, 0.15) is 50.3 Å². The molecule has 1 saturated heterocycles. The quantitative estimate of drug-likeness (QED) is 0.561. The van der Waals surface area contributed by atoms with Crippen molar-refractivity contribution in [2.75, 3.05) is 46.3 Å². The number of anilines is 1. The Bertz CT molecular complexity index is 1080. The first-order valence-electron chi connectivity index (χ1n) is 12.0. The van der Waals surface area contributed by atoms with Gasteiger partial charge in [-0.2, -0.15) is 5.10 Å². The Morgan fingerprint density at radius 1 is 1.21 bits per heavy atom. The monoisotopic (exact) mass is 453 g/mol. The Labute approximate surface area is 195 Å². The number of fused-ring (bicyclic) bond motifs is 1. The summed E-state index contributed by atoms with van der Waals surface area (Å²) in [6.45, 7) is 4.13. The summed E-state index contributed by atoms with van der Waals surface area (Å²) < 4.78 is 14.7. The maximum Gasteiger partial charge on any atom is 0.241 e. The summed E-state index contributed by atoms with van der Waals surface area (Å²) in [6, 6.07) is 3.44. The van der Waals surface area contributed by atoms with Crippen molar-refractivity contribution in [2.24, 2.45) is 0 Å². The maximum atomic E-state index is 5.34. The second-order valence-electron chi connectivity index (χ2n) is 9.73. The van der Waals surface area contributed by atoms with E-state index >= 15 is 0 Å². The Morgan fingerprint density at radius 3 is 2.67 bits per heavy atom. The molecular weight excluding hydrogens is 418 g/mol. The molecule has 9 nitrogen and oxygen atoms in total. The Morgan fingerprint density at radius 2 is 2.00 bits per heavy atom. The van der Waals surface area contributed by atoms with Crippen LogP contribution in [0.25, 0.3) is 16.6 Å². The van der Waals surface area contributed by atoms with E-state index in [1.807, 2.05) is 17.1 Å². The average molecular weight is 454 g/mol. The second-order valence-corrected chi connectivity index (χ2v) is 9.73. The molecule has 178 valence electrons. The van der Waals surface area contributed by atoms with E-state index in [2.05, 4.69) is 58.1 Å². The van der Waals surface area contributed by atoms with Gasteiger partial charge in [0.15, 0.2) is 0 Å². The maximum absolute atomic E-state index is 5.34. The molecule has 0 bridgehead atoms. The molecule has 4 heterocycles. The van der Waals surface area contributed by atoms with Gasteiger partial charge < -0.3 is 19.7 Å². The number of nitrogens with one attached hydrogen (secondary N) is 1. The van der Waals surface area contributed by atoms with Crippen LogP contribution in [0, 0.1) is 0 Å². The summed E-state index contributed by atoms with van der Waals surface area (Å²) in [4.78, 5) is 6.98. The van der Waals surface area contributed by atoms with Gasteiger partial charge >= 0.3 is 0 Å². The third-order valence-corrected chi connectivity index (χ3v) is 7.09. The van der Waals surface area contributed by atoms with Gasteiger partial charge in [-0.1, -0.05) is 0 Å². The van der Waals surface area contributed by atoms with Gasteiger partial charge in [0.1, 0.15) is 0 Å². The van der Waals surface area contributed by atoms with E-state index < -0.39 is 0 Å². The van der Waals surface area contributed by atoms with Crippen LogP contribution in [0.3, 0.4) is 0 Å². The van der Waals surface area contributed by atoms with E-state index in [9.17, 15) is 0 Å². The van der Waals surface area contributed by atoms with Crippen molar-refractivity contribution in [1.29, 1.82) is 0 Å². The first-order chi connectivity index (χ1) is 16.0. The average Bonchev–Trinajstić information content (AvgIpc) is 3.37. The third kappa shape index (κ3) is 4.49. The molecule has 1 saturated carbocycles. The first-order valence-corrected chi connectivity index (χ1v) is 12.0. The first kappa shape index (κ1) is 22.3. The smallest absolute Gasteiger partial charge is 0.241 e. The van der Waals surface area contributed by atoms with E-state index in [-0.39, 0.29) is 6.04 Å². The van der Waals surface area contributed by atoms with Crippen molar-refractivity contribution in [3.8, 4) is 11.1 Å². The van der Waals surface area contributed by atoms with Gasteiger partial charge in [0, 0.05) is 48.1 Å². The highest BCUT2D eigenvalue weighted by atomic mass is 16.5. The van der Waals surface area contributed by atoms with Crippen LogP contribution < -0.4 is 5.32 Å². The summed E-state index contributed by atoms with van der Waals surface area (Å²) in [5.41, 5.74) is 4.53. The van der Waals surface area contributed by atoms with E-state index in [0.717, 1.165) is 29.9 Å². The normalized spacial score (nSPS) is 22.6. The van der Waals surface area contributed by atoms with Crippen LogP contribution in [-0.2, 0) is 9.47 Å². The van der Waals surface area contributed by atoms with Gasteiger partial charge in [-0.05, 0) is 52.8 Å². The molecular formula is C24H35N7O2. The highest BCUT2D eigenvalue weighted by Gasteiger charge is 2.28. The lowest BCUT2D eigenvalue weighted by molar-refractivity contribution is -0.0286. The number of nitrogens with zero attached hydrogens (tertiary/aromatic N) is 6.